The average Bonchev–Trinajstić information content (AvgIpc) is 2.59. The highest BCUT2D eigenvalue weighted by Gasteiger charge is 2.11. The standard InChI is InChI=1S/C18H17Cl2N5/c1-10-4-3-5-15(11(10)2)25-18-16(21)17(22-9-23-18)24-12-6-7-13(19)14(20)8-12/h3-9H,21H2,1-2H3,(H2,22,23,24,25). The first-order valence-electron chi connectivity index (χ1n) is 7.61. The lowest BCUT2D eigenvalue weighted by molar-refractivity contribution is 1.17. The van der Waals surface area contributed by atoms with Crippen LogP contribution in [0, 0.1) is 13.8 Å². The Morgan fingerprint density at radius 2 is 1.64 bits per heavy atom. The lowest BCUT2D eigenvalue weighted by Gasteiger charge is -2.15. The highest BCUT2D eigenvalue weighted by atomic mass is 35.5. The molecule has 0 saturated carbocycles. The van der Waals surface area contributed by atoms with Crippen LogP contribution in [0.15, 0.2) is 42.7 Å². The summed E-state index contributed by atoms with van der Waals surface area (Å²) in [6, 6.07) is 11.2. The molecular weight excluding hydrogens is 357 g/mol. The summed E-state index contributed by atoms with van der Waals surface area (Å²) in [5.41, 5.74) is 10.6. The first-order valence-corrected chi connectivity index (χ1v) is 8.37. The Labute approximate surface area is 156 Å². The van der Waals surface area contributed by atoms with Crippen LogP contribution in [0.1, 0.15) is 11.1 Å². The first-order chi connectivity index (χ1) is 12.0. The summed E-state index contributed by atoms with van der Waals surface area (Å²) in [4.78, 5) is 8.45. The summed E-state index contributed by atoms with van der Waals surface area (Å²) < 4.78 is 0. The number of nitrogens with one attached hydrogen (secondary N) is 2. The highest BCUT2D eigenvalue weighted by Crippen LogP contribution is 2.31. The molecule has 0 saturated heterocycles. The zero-order valence-electron chi connectivity index (χ0n) is 13.8. The van der Waals surface area contributed by atoms with Gasteiger partial charge in [0.15, 0.2) is 11.6 Å². The molecule has 3 aromatic rings. The fourth-order valence-electron chi connectivity index (χ4n) is 2.32. The van der Waals surface area contributed by atoms with E-state index >= 15 is 0 Å². The van der Waals surface area contributed by atoms with Gasteiger partial charge in [0.05, 0.1) is 10.0 Å². The zero-order chi connectivity index (χ0) is 18.0. The molecule has 3 rings (SSSR count). The molecule has 0 atom stereocenters. The molecule has 0 aliphatic rings. The highest BCUT2D eigenvalue weighted by molar-refractivity contribution is 6.42. The SMILES string of the molecule is Cc1cccc(Nc2ncnc(Nc3ccc(Cl)c(Cl)c3)c2N)c1C. The first kappa shape index (κ1) is 17.3. The Kier molecular flexibility index (Phi) is 4.97. The number of hydrogen-bond acceptors (Lipinski definition) is 5. The van der Waals surface area contributed by atoms with Gasteiger partial charge < -0.3 is 16.4 Å². The number of anilines is 5. The molecular formula is C18H17Cl2N5. The van der Waals surface area contributed by atoms with Crippen molar-refractivity contribution >= 4 is 51.9 Å². The van der Waals surface area contributed by atoms with E-state index in [9.17, 15) is 0 Å². The van der Waals surface area contributed by atoms with E-state index in [2.05, 4.69) is 33.6 Å². The molecule has 0 aliphatic heterocycles. The van der Waals surface area contributed by atoms with E-state index in [1.807, 2.05) is 19.1 Å². The van der Waals surface area contributed by atoms with Crippen LogP contribution in [0.4, 0.5) is 28.7 Å². The van der Waals surface area contributed by atoms with Gasteiger partial charge in [0.2, 0.25) is 0 Å². The molecule has 1 aromatic heterocycles. The van der Waals surface area contributed by atoms with Gasteiger partial charge in [-0.25, -0.2) is 9.97 Å². The van der Waals surface area contributed by atoms with Crippen LogP contribution >= 0.6 is 23.2 Å². The zero-order valence-corrected chi connectivity index (χ0v) is 15.3. The summed E-state index contributed by atoms with van der Waals surface area (Å²) in [7, 11) is 0. The maximum absolute atomic E-state index is 6.23. The van der Waals surface area contributed by atoms with Crippen LogP contribution in [0.25, 0.3) is 0 Å². The number of nitrogens with zero attached hydrogens (tertiary/aromatic N) is 2. The van der Waals surface area contributed by atoms with Gasteiger partial charge in [-0.05, 0) is 49.2 Å². The molecule has 0 bridgehead atoms. The Balaban J connectivity index is 1.89. The molecule has 0 unspecified atom stereocenters. The Morgan fingerprint density at radius 3 is 2.36 bits per heavy atom. The minimum Gasteiger partial charge on any atom is -0.393 e. The van der Waals surface area contributed by atoms with Gasteiger partial charge in [-0.15, -0.1) is 0 Å². The summed E-state index contributed by atoms with van der Waals surface area (Å²) >= 11 is 12.0. The molecule has 25 heavy (non-hydrogen) atoms. The van der Waals surface area contributed by atoms with Crippen molar-refractivity contribution in [2.45, 2.75) is 13.8 Å². The lowest BCUT2D eigenvalue weighted by atomic mass is 10.1. The minimum atomic E-state index is 0.412. The molecule has 4 N–H and O–H groups in total. The predicted octanol–water partition coefficient (Wildman–Crippen LogP) is 5.47. The average molecular weight is 374 g/mol. The fraction of sp³-hybridized carbons (Fsp3) is 0.111. The molecule has 0 fully saturated rings. The van der Waals surface area contributed by atoms with E-state index in [0.717, 1.165) is 16.9 Å². The maximum atomic E-state index is 6.23. The number of aromatic nitrogens is 2. The molecule has 0 amide bonds. The van der Waals surface area contributed by atoms with E-state index in [1.54, 1.807) is 18.2 Å². The number of benzene rings is 2. The van der Waals surface area contributed by atoms with Crippen LogP contribution in [0.3, 0.4) is 0 Å². The topological polar surface area (TPSA) is 75.9 Å². The van der Waals surface area contributed by atoms with Gasteiger partial charge in [0.25, 0.3) is 0 Å². The van der Waals surface area contributed by atoms with Gasteiger partial charge in [0.1, 0.15) is 12.0 Å². The number of nitrogen functional groups attached to an aromatic ring is 1. The van der Waals surface area contributed by atoms with Crippen molar-refractivity contribution in [2.75, 3.05) is 16.4 Å². The van der Waals surface area contributed by atoms with Crippen LogP contribution < -0.4 is 16.4 Å². The van der Waals surface area contributed by atoms with Crippen molar-refractivity contribution in [1.29, 1.82) is 0 Å². The minimum absolute atomic E-state index is 0.412. The summed E-state index contributed by atoms with van der Waals surface area (Å²) in [6.07, 6.45) is 1.45. The molecule has 0 radical (unpaired) electrons. The number of aryl methyl sites for hydroxylation is 1. The van der Waals surface area contributed by atoms with Crippen molar-refractivity contribution in [3.8, 4) is 0 Å². The summed E-state index contributed by atoms with van der Waals surface area (Å²) in [5, 5.41) is 7.34. The molecule has 128 valence electrons. The van der Waals surface area contributed by atoms with Crippen LogP contribution in [0.5, 0.6) is 0 Å². The van der Waals surface area contributed by atoms with Crippen molar-refractivity contribution in [1.82, 2.24) is 9.97 Å². The van der Waals surface area contributed by atoms with Crippen LogP contribution in [-0.2, 0) is 0 Å². The van der Waals surface area contributed by atoms with Gasteiger partial charge in [-0.1, -0.05) is 35.3 Å². The Bertz CT molecular complexity index is 927. The molecule has 5 nitrogen and oxygen atoms in total. The molecule has 0 aliphatic carbocycles. The second-order valence-electron chi connectivity index (χ2n) is 5.61. The molecule has 7 heteroatoms. The number of hydrogen-bond donors (Lipinski definition) is 3. The number of rotatable bonds is 4. The van der Waals surface area contributed by atoms with Crippen molar-refractivity contribution < 1.29 is 0 Å². The van der Waals surface area contributed by atoms with Crippen molar-refractivity contribution in [3.63, 3.8) is 0 Å². The van der Waals surface area contributed by atoms with E-state index < -0.39 is 0 Å². The molecule has 1 heterocycles. The molecule has 0 spiro atoms. The third-order valence-electron chi connectivity index (χ3n) is 3.92. The summed E-state index contributed by atoms with van der Waals surface area (Å²) in [6.45, 7) is 4.10. The van der Waals surface area contributed by atoms with Crippen LogP contribution in [0.2, 0.25) is 10.0 Å². The van der Waals surface area contributed by atoms with E-state index in [1.165, 1.54) is 11.9 Å². The second kappa shape index (κ2) is 7.17. The fourth-order valence-corrected chi connectivity index (χ4v) is 2.62. The molecule has 2 aromatic carbocycles. The largest absolute Gasteiger partial charge is 0.393 e. The number of nitrogens with two attached hydrogens (primary N) is 1. The smallest absolute Gasteiger partial charge is 0.159 e. The predicted molar refractivity (Wildman–Crippen MR) is 105 cm³/mol. The van der Waals surface area contributed by atoms with Crippen molar-refractivity contribution in [3.05, 3.63) is 63.9 Å². The van der Waals surface area contributed by atoms with E-state index in [-0.39, 0.29) is 0 Å². The van der Waals surface area contributed by atoms with Crippen molar-refractivity contribution in [2.24, 2.45) is 0 Å². The lowest BCUT2D eigenvalue weighted by Crippen LogP contribution is -2.06. The Hall–Kier alpha value is -2.50. The van der Waals surface area contributed by atoms with Gasteiger partial charge >= 0.3 is 0 Å². The summed E-state index contributed by atoms with van der Waals surface area (Å²) in [5.74, 6) is 1.02. The third-order valence-corrected chi connectivity index (χ3v) is 4.66. The number of halogens is 2. The quantitative estimate of drug-likeness (QED) is 0.565. The van der Waals surface area contributed by atoms with Gasteiger partial charge in [-0.3, -0.25) is 0 Å². The Morgan fingerprint density at radius 1 is 0.920 bits per heavy atom. The van der Waals surface area contributed by atoms with Gasteiger partial charge in [0, 0.05) is 11.4 Å². The normalized spacial score (nSPS) is 10.6. The second-order valence-corrected chi connectivity index (χ2v) is 6.43. The third kappa shape index (κ3) is 3.78. The van der Waals surface area contributed by atoms with E-state index in [0.29, 0.717) is 27.4 Å². The van der Waals surface area contributed by atoms with Crippen LogP contribution in [-0.4, -0.2) is 9.97 Å². The van der Waals surface area contributed by atoms with E-state index in [4.69, 9.17) is 28.9 Å². The van der Waals surface area contributed by atoms with Gasteiger partial charge in [-0.2, -0.15) is 0 Å². The monoisotopic (exact) mass is 373 g/mol. The maximum Gasteiger partial charge on any atom is 0.159 e.